The highest BCUT2D eigenvalue weighted by atomic mass is 32.2. The van der Waals surface area contributed by atoms with Crippen molar-refractivity contribution in [3.63, 3.8) is 0 Å². The van der Waals surface area contributed by atoms with Crippen LogP contribution in [0.4, 0.5) is 5.69 Å². The van der Waals surface area contributed by atoms with Gasteiger partial charge in [-0.1, -0.05) is 36.8 Å². The van der Waals surface area contributed by atoms with Crippen LogP contribution in [0.2, 0.25) is 0 Å². The standard InChI is InChI=1S/C31H39N3O7S/c1-7-27(31(36)32-8-2)33(20-23-10-9-11-25(18-23)39-4)30(35)21-34(24-14-17-28(40-5)29(19-24)41-6)42(37,38)26-15-12-22(3)13-16-26/h9-19,27H,7-8,20-21H2,1-6H3,(H,32,36)/t27-/m1/s1. The Morgan fingerprint density at radius 3 is 2.17 bits per heavy atom. The van der Waals surface area contributed by atoms with E-state index < -0.39 is 28.5 Å². The summed E-state index contributed by atoms with van der Waals surface area (Å²) in [5.41, 5.74) is 1.82. The molecule has 3 aromatic carbocycles. The number of anilines is 1. The second-order valence-electron chi connectivity index (χ2n) is 9.56. The maximum atomic E-state index is 14.2. The van der Waals surface area contributed by atoms with Crippen molar-refractivity contribution in [2.75, 3.05) is 38.7 Å². The van der Waals surface area contributed by atoms with Gasteiger partial charge in [0.25, 0.3) is 10.0 Å². The zero-order valence-corrected chi connectivity index (χ0v) is 25.7. The van der Waals surface area contributed by atoms with Crippen LogP contribution in [0.1, 0.15) is 31.4 Å². The highest BCUT2D eigenvalue weighted by molar-refractivity contribution is 7.92. The minimum atomic E-state index is -4.22. The van der Waals surface area contributed by atoms with Crippen molar-refractivity contribution in [1.82, 2.24) is 10.2 Å². The van der Waals surface area contributed by atoms with Gasteiger partial charge >= 0.3 is 0 Å². The van der Waals surface area contributed by atoms with E-state index in [9.17, 15) is 18.0 Å². The molecule has 0 radical (unpaired) electrons. The van der Waals surface area contributed by atoms with E-state index in [1.807, 2.05) is 13.0 Å². The number of nitrogens with zero attached hydrogens (tertiary/aromatic N) is 2. The maximum absolute atomic E-state index is 14.2. The van der Waals surface area contributed by atoms with Gasteiger partial charge in [0.05, 0.1) is 31.9 Å². The lowest BCUT2D eigenvalue weighted by atomic mass is 10.1. The Balaban J connectivity index is 2.12. The lowest BCUT2D eigenvalue weighted by molar-refractivity contribution is -0.140. The van der Waals surface area contributed by atoms with Crippen molar-refractivity contribution in [2.24, 2.45) is 0 Å². The van der Waals surface area contributed by atoms with Gasteiger partial charge in [-0.15, -0.1) is 0 Å². The Kier molecular flexibility index (Phi) is 11.2. The average Bonchev–Trinajstić information content (AvgIpc) is 2.99. The number of carbonyl (C=O) groups is 2. The van der Waals surface area contributed by atoms with Crippen LogP contribution in [0.25, 0.3) is 0 Å². The third kappa shape index (κ3) is 7.52. The molecule has 2 amide bonds. The molecule has 0 bridgehead atoms. The zero-order chi connectivity index (χ0) is 30.9. The van der Waals surface area contributed by atoms with Crippen LogP contribution in [0, 0.1) is 6.92 Å². The summed E-state index contributed by atoms with van der Waals surface area (Å²) in [5.74, 6) is 0.423. The van der Waals surface area contributed by atoms with Gasteiger partial charge in [-0.25, -0.2) is 8.42 Å². The zero-order valence-electron chi connectivity index (χ0n) is 24.9. The first kappa shape index (κ1) is 32.3. The third-order valence-corrected chi connectivity index (χ3v) is 8.56. The fraction of sp³-hybridized carbons (Fsp3) is 0.355. The number of nitrogens with one attached hydrogen (secondary N) is 1. The van der Waals surface area contributed by atoms with Gasteiger partial charge in [0, 0.05) is 19.2 Å². The molecule has 0 saturated heterocycles. The number of benzene rings is 3. The number of sulfonamides is 1. The molecule has 42 heavy (non-hydrogen) atoms. The molecule has 0 heterocycles. The summed E-state index contributed by atoms with van der Waals surface area (Å²) in [6, 6.07) is 17.4. The Morgan fingerprint density at radius 2 is 1.57 bits per heavy atom. The molecule has 0 spiro atoms. The number of methoxy groups -OCH3 is 3. The summed E-state index contributed by atoms with van der Waals surface area (Å²) in [6.07, 6.45) is 0.322. The van der Waals surface area contributed by atoms with Crippen molar-refractivity contribution in [2.45, 2.75) is 44.7 Å². The molecule has 1 atom stereocenters. The molecule has 0 aliphatic carbocycles. The van der Waals surface area contributed by atoms with Crippen molar-refractivity contribution < 1.29 is 32.2 Å². The lowest BCUT2D eigenvalue weighted by Gasteiger charge is -2.33. The summed E-state index contributed by atoms with van der Waals surface area (Å²) in [5, 5.41) is 2.79. The van der Waals surface area contributed by atoms with Gasteiger partial charge in [-0.05, 0) is 62.2 Å². The van der Waals surface area contributed by atoms with Gasteiger partial charge in [0.1, 0.15) is 18.3 Å². The molecule has 0 saturated carbocycles. The molecule has 3 rings (SSSR count). The van der Waals surface area contributed by atoms with Crippen molar-refractivity contribution >= 4 is 27.5 Å². The molecular weight excluding hydrogens is 558 g/mol. The Hall–Kier alpha value is -4.25. The van der Waals surface area contributed by atoms with E-state index in [2.05, 4.69) is 5.32 Å². The normalized spacial score (nSPS) is 11.8. The number of aryl methyl sites for hydroxylation is 1. The number of carbonyl (C=O) groups excluding carboxylic acids is 2. The Morgan fingerprint density at radius 1 is 0.881 bits per heavy atom. The number of rotatable bonds is 14. The molecule has 0 aromatic heterocycles. The van der Waals surface area contributed by atoms with E-state index in [1.54, 1.807) is 63.4 Å². The van der Waals surface area contributed by atoms with Crippen LogP contribution in [0.3, 0.4) is 0 Å². The predicted octanol–water partition coefficient (Wildman–Crippen LogP) is 4.16. The predicted molar refractivity (Wildman–Crippen MR) is 162 cm³/mol. The minimum absolute atomic E-state index is 0.0193. The van der Waals surface area contributed by atoms with Gasteiger partial charge < -0.3 is 24.4 Å². The summed E-state index contributed by atoms with van der Waals surface area (Å²) >= 11 is 0. The SMILES string of the molecule is CCNC(=O)[C@@H](CC)N(Cc1cccc(OC)c1)C(=O)CN(c1ccc(OC)c(OC)c1)S(=O)(=O)c1ccc(C)cc1. The maximum Gasteiger partial charge on any atom is 0.264 e. The van der Waals surface area contributed by atoms with E-state index in [4.69, 9.17) is 14.2 Å². The van der Waals surface area contributed by atoms with Crippen LogP contribution in [-0.4, -0.2) is 65.6 Å². The fourth-order valence-corrected chi connectivity index (χ4v) is 5.93. The topological polar surface area (TPSA) is 114 Å². The number of hydrogen-bond acceptors (Lipinski definition) is 7. The van der Waals surface area contributed by atoms with Crippen molar-refractivity contribution in [3.05, 3.63) is 77.9 Å². The van der Waals surface area contributed by atoms with Crippen molar-refractivity contribution in [3.8, 4) is 17.2 Å². The Bertz CT molecular complexity index is 1480. The summed E-state index contributed by atoms with van der Waals surface area (Å²) in [4.78, 5) is 28.7. The Labute approximate surface area is 248 Å². The molecule has 0 unspecified atom stereocenters. The monoisotopic (exact) mass is 597 g/mol. The van der Waals surface area contributed by atoms with Gasteiger partial charge in [-0.2, -0.15) is 0 Å². The molecule has 0 aliphatic heterocycles. The van der Waals surface area contributed by atoms with Gasteiger partial charge in [0.15, 0.2) is 11.5 Å². The summed E-state index contributed by atoms with van der Waals surface area (Å²) in [6.45, 7) is 5.35. The summed E-state index contributed by atoms with van der Waals surface area (Å²) in [7, 11) is 0.243. The molecule has 11 heteroatoms. The number of hydrogen-bond donors (Lipinski definition) is 1. The third-order valence-electron chi connectivity index (χ3n) is 6.77. The highest BCUT2D eigenvalue weighted by Gasteiger charge is 2.34. The molecule has 3 aromatic rings. The number of amides is 2. The van der Waals surface area contributed by atoms with Gasteiger partial charge in [0.2, 0.25) is 11.8 Å². The minimum Gasteiger partial charge on any atom is -0.497 e. The first-order valence-electron chi connectivity index (χ1n) is 13.6. The largest absolute Gasteiger partial charge is 0.497 e. The molecule has 0 fully saturated rings. The van der Waals surface area contributed by atoms with Crippen LogP contribution in [-0.2, 0) is 26.2 Å². The fourth-order valence-electron chi connectivity index (χ4n) is 4.53. The average molecular weight is 598 g/mol. The second-order valence-corrected chi connectivity index (χ2v) is 11.4. The first-order valence-corrected chi connectivity index (χ1v) is 15.0. The van der Waals surface area contributed by atoms with E-state index in [0.29, 0.717) is 30.2 Å². The number of likely N-dealkylation sites (N-methyl/N-ethyl adjacent to an activating group) is 1. The second kappa shape index (κ2) is 14.6. The molecule has 1 N–H and O–H groups in total. The van der Waals surface area contributed by atoms with E-state index in [0.717, 1.165) is 15.4 Å². The van der Waals surface area contributed by atoms with Crippen molar-refractivity contribution in [1.29, 1.82) is 0 Å². The van der Waals surface area contributed by atoms with Crippen LogP contribution in [0.15, 0.2) is 71.6 Å². The summed E-state index contributed by atoms with van der Waals surface area (Å²) < 4.78 is 45.3. The first-order chi connectivity index (χ1) is 20.1. The van der Waals surface area contributed by atoms with E-state index in [1.165, 1.54) is 37.3 Å². The van der Waals surface area contributed by atoms with E-state index >= 15 is 0 Å². The highest BCUT2D eigenvalue weighted by Crippen LogP contribution is 2.34. The molecular formula is C31H39N3O7S. The van der Waals surface area contributed by atoms with Gasteiger partial charge in [-0.3, -0.25) is 13.9 Å². The van der Waals surface area contributed by atoms with Crippen LogP contribution < -0.4 is 23.8 Å². The smallest absolute Gasteiger partial charge is 0.264 e. The molecule has 226 valence electrons. The number of ether oxygens (including phenoxy) is 3. The lowest BCUT2D eigenvalue weighted by Crippen LogP contribution is -2.52. The molecule has 0 aliphatic rings. The van der Waals surface area contributed by atoms with Crippen LogP contribution in [0.5, 0.6) is 17.2 Å². The molecule has 10 nitrogen and oxygen atoms in total. The quantitative estimate of drug-likeness (QED) is 0.297. The van der Waals surface area contributed by atoms with E-state index in [-0.39, 0.29) is 23.0 Å². The van der Waals surface area contributed by atoms with Crippen LogP contribution >= 0.6 is 0 Å².